The second-order valence-electron chi connectivity index (χ2n) is 5.07. The average molecular weight is 312 g/mol. The molecule has 0 aromatic heterocycles. The highest BCUT2D eigenvalue weighted by Crippen LogP contribution is 2.32. The molecule has 3 aromatic rings. The summed E-state index contributed by atoms with van der Waals surface area (Å²) >= 11 is 0. The summed E-state index contributed by atoms with van der Waals surface area (Å²) in [6, 6.07) is 13.9. The van der Waals surface area contributed by atoms with E-state index < -0.39 is 5.97 Å². The van der Waals surface area contributed by atoms with Gasteiger partial charge in [0.2, 0.25) is 0 Å². The van der Waals surface area contributed by atoms with Crippen molar-refractivity contribution in [2.24, 2.45) is 0 Å². The largest absolute Gasteiger partial charge is 0.507 e. The van der Waals surface area contributed by atoms with Gasteiger partial charge in [-0.2, -0.15) is 0 Å². The van der Waals surface area contributed by atoms with E-state index in [-0.39, 0.29) is 23.7 Å². The second kappa shape index (κ2) is 5.96. The molecule has 0 fully saturated rings. The van der Waals surface area contributed by atoms with Crippen LogP contribution in [0.4, 0.5) is 4.39 Å². The number of aromatic carboxylic acids is 1. The number of carboxylic acid groups (broad SMARTS) is 1. The molecular weight excluding hydrogens is 299 g/mol. The first-order valence-electron chi connectivity index (χ1n) is 6.91. The molecule has 0 heterocycles. The first-order valence-corrected chi connectivity index (χ1v) is 6.91. The number of benzene rings is 3. The van der Waals surface area contributed by atoms with Crippen molar-refractivity contribution < 1.29 is 24.1 Å². The van der Waals surface area contributed by atoms with Crippen LogP contribution in [0.2, 0.25) is 0 Å². The zero-order chi connectivity index (χ0) is 16.4. The number of hydrogen-bond donors (Lipinski definition) is 2. The topological polar surface area (TPSA) is 66.8 Å². The van der Waals surface area contributed by atoms with E-state index in [1.54, 1.807) is 30.3 Å². The molecule has 3 rings (SSSR count). The van der Waals surface area contributed by atoms with Crippen molar-refractivity contribution in [2.45, 2.75) is 6.61 Å². The van der Waals surface area contributed by atoms with Gasteiger partial charge in [-0.25, -0.2) is 9.18 Å². The van der Waals surface area contributed by atoms with Crippen molar-refractivity contribution in [1.82, 2.24) is 0 Å². The van der Waals surface area contributed by atoms with Gasteiger partial charge < -0.3 is 14.9 Å². The lowest BCUT2D eigenvalue weighted by Crippen LogP contribution is -1.98. The molecular formula is C18H13FO4. The lowest BCUT2D eigenvalue weighted by atomic mass is 10.1. The van der Waals surface area contributed by atoms with Crippen molar-refractivity contribution >= 4 is 16.7 Å². The van der Waals surface area contributed by atoms with E-state index in [1.165, 1.54) is 24.3 Å². The molecule has 116 valence electrons. The summed E-state index contributed by atoms with van der Waals surface area (Å²) in [6.45, 7) is 0.237. The number of phenols is 1. The Hall–Kier alpha value is -3.08. The fourth-order valence-corrected chi connectivity index (χ4v) is 2.32. The highest BCUT2D eigenvalue weighted by atomic mass is 19.1. The Labute approximate surface area is 131 Å². The summed E-state index contributed by atoms with van der Waals surface area (Å²) in [5.74, 6) is -1.31. The molecule has 0 aliphatic heterocycles. The smallest absolute Gasteiger partial charge is 0.339 e. The number of carboxylic acids is 1. The van der Waals surface area contributed by atoms with Gasteiger partial charge in [0.25, 0.3) is 0 Å². The molecule has 4 nitrogen and oxygen atoms in total. The monoisotopic (exact) mass is 312 g/mol. The summed E-state index contributed by atoms with van der Waals surface area (Å²) in [6.07, 6.45) is 0. The van der Waals surface area contributed by atoms with Crippen molar-refractivity contribution in [3.63, 3.8) is 0 Å². The Bertz CT molecular complexity index is 872. The van der Waals surface area contributed by atoms with Gasteiger partial charge in [0.1, 0.15) is 29.5 Å². The average Bonchev–Trinajstić information content (AvgIpc) is 2.53. The van der Waals surface area contributed by atoms with Gasteiger partial charge >= 0.3 is 5.97 Å². The number of carbonyl (C=O) groups is 1. The van der Waals surface area contributed by atoms with Gasteiger partial charge in [-0.3, -0.25) is 0 Å². The van der Waals surface area contributed by atoms with Gasteiger partial charge in [-0.1, -0.05) is 24.3 Å². The van der Waals surface area contributed by atoms with Crippen molar-refractivity contribution in [1.29, 1.82) is 0 Å². The maximum Gasteiger partial charge on any atom is 0.339 e. The lowest BCUT2D eigenvalue weighted by Gasteiger charge is -2.11. The minimum Gasteiger partial charge on any atom is -0.507 e. The predicted molar refractivity (Wildman–Crippen MR) is 83.3 cm³/mol. The second-order valence-corrected chi connectivity index (χ2v) is 5.07. The van der Waals surface area contributed by atoms with Crippen LogP contribution in [0, 0.1) is 5.82 Å². The number of rotatable bonds is 4. The molecule has 2 N–H and O–H groups in total. The third-order valence-electron chi connectivity index (χ3n) is 3.49. The van der Waals surface area contributed by atoms with E-state index in [4.69, 9.17) is 9.84 Å². The Morgan fingerprint density at radius 1 is 1.09 bits per heavy atom. The van der Waals surface area contributed by atoms with Crippen LogP contribution >= 0.6 is 0 Å². The van der Waals surface area contributed by atoms with Gasteiger partial charge in [0.15, 0.2) is 0 Å². The number of halogens is 1. The summed E-state index contributed by atoms with van der Waals surface area (Å²) in [5.41, 5.74) is 0.642. The van der Waals surface area contributed by atoms with E-state index in [2.05, 4.69) is 0 Å². The highest BCUT2D eigenvalue weighted by Gasteiger charge is 2.13. The molecule has 0 saturated heterocycles. The molecule has 23 heavy (non-hydrogen) atoms. The third kappa shape index (κ3) is 3.08. The summed E-state index contributed by atoms with van der Waals surface area (Å²) in [4.78, 5) is 11.1. The maximum atomic E-state index is 12.9. The van der Waals surface area contributed by atoms with Gasteiger partial charge in [0.05, 0.1) is 0 Å². The van der Waals surface area contributed by atoms with Gasteiger partial charge in [-0.15, -0.1) is 0 Å². The molecule has 0 atom stereocenters. The van der Waals surface area contributed by atoms with Crippen molar-refractivity contribution in [2.75, 3.05) is 0 Å². The molecule has 0 saturated carbocycles. The SMILES string of the molecule is O=C(O)c1cc2cccc(OCc3ccc(F)cc3)c2cc1O. The van der Waals surface area contributed by atoms with E-state index >= 15 is 0 Å². The van der Waals surface area contributed by atoms with Gasteiger partial charge in [0, 0.05) is 5.39 Å². The molecule has 3 aromatic carbocycles. The Kier molecular flexibility index (Phi) is 3.85. The van der Waals surface area contributed by atoms with Crippen LogP contribution in [-0.2, 0) is 6.61 Å². The Morgan fingerprint density at radius 3 is 2.52 bits per heavy atom. The lowest BCUT2D eigenvalue weighted by molar-refractivity contribution is 0.0694. The normalized spacial score (nSPS) is 10.7. The molecule has 0 unspecified atom stereocenters. The molecule has 0 amide bonds. The first kappa shape index (κ1) is 14.8. The zero-order valence-electron chi connectivity index (χ0n) is 12.0. The fraction of sp³-hybridized carbons (Fsp3) is 0.0556. The van der Waals surface area contributed by atoms with Crippen molar-refractivity contribution in [3.05, 3.63) is 71.5 Å². The predicted octanol–water partition coefficient (Wildman–Crippen LogP) is 3.96. The van der Waals surface area contributed by atoms with Crippen LogP contribution in [-0.4, -0.2) is 16.2 Å². The van der Waals surface area contributed by atoms with E-state index in [0.717, 1.165) is 5.56 Å². The summed E-state index contributed by atoms with van der Waals surface area (Å²) in [7, 11) is 0. The maximum absolute atomic E-state index is 12.9. The Balaban J connectivity index is 1.93. The first-order chi connectivity index (χ1) is 11.0. The minimum atomic E-state index is -1.19. The summed E-state index contributed by atoms with van der Waals surface area (Å²) in [5, 5.41) is 20.1. The fourth-order valence-electron chi connectivity index (χ4n) is 2.32. The molecule has 5 heteroatoms. The number of fused-ring (bicyclic) bond motifs is 1. The number of ether oxygens (including phenoxy) is 1. The minimum absolute atomic E-state index is 0.159. The van der Waals surface area contributed by atoms with E-state index in [9.17, 15) is 14.3 Å². The molecule has 0 bridgehead atoms. The van der Waals surface area contributed by atoms with Crippen LogP contribution in [0.5, 0.6) is 11.5 Å². The van der Waals surface area contributed by atoms with E-state index in [1.807, 2.05) is 0 Å². The van der Waals surface area contributed by atoms with Gasteiger partial charge in [-0.05, 0) is 41.3 Å². The van der Waals surface area contributed by atoms with Crippen molar-refractivity contribution in [3.8, 4) is 11.5 Å². The molecule has 0 radical (unpaired) electrons. The number of hydrogen-bond acceptors (Lipinski definition) is 3. The quantitative estimate of drug-likeness (QED) is 0.765. The van der Waals surface area contributed by atoms with Crippen LogP contribution in [0.25, 0.3) is 10.8 Å². The molecule has 0 spiro atoms. The third-order valence-corrected chi connectivity index (χ3v) is 3.49. The van der Waals surface area contributed by atoms with Crippen LogP contribution in [0.3, 0.4) is 0 Å². The van der Waals surface area contributed by atoms with Crippen LogP contribution < -0.4 is 4.74 Å². The zero-order valence-corrected chi connectivity index (χ0v) is 12.0. The Morgan fingerprint density at radius 2 is 1.83 bits per heavy atom. The standard InChI is InChI=1S/C18H13FO4/c19-13-6-4-11(5-7-13)10-23-17-3-1-2-12-8-15(18(21)22)16(20)9-14(12)17/h1-9,20H,10H2,(H,21,22). The summed E-state index contributed by atoms with van der Waals surface area (Å²) < 4.78 is 18.6. The van der Waals surface area contributed by atoms with Crippen LogP contribution in [0.15, 0.2) is 54.6 Å². The number of aromatic hydroxyl groups is 1. The highest BCUT2D eigenvalue weighted by molar-refractivity contribution is 5.99. The van der Waals surface area contributed by atoms with E-state index in [0.29, 0.717) is 16.5 Å². The molecule has 0 aliphatic rings. The van der Waals surface area contributed by atoms with Crippen LogP contribution in [0.1, 0.15) is 15.9 Å². The molecule has 0 aliphatic carbocycles.